The molecule has 0 radical (unpaired) electrons. The van der Waals surface area contributed by atoms with E-state index in [-0.39, 0.29) is 6.10 Å². The van der Waals surface area contributed by atoms with Crippen LogP contribution in [0, 0.1) is 0 Å². The number of guanidine groups is 1. The molecule has 22 heavy (non-hydrogen) atoms. The van der Waals surface area contributed by atoms with Gasteiger partial charge in [0.15, 0.2) is 5.96 Å². The Bertz CT molecular complexity index is 569. The predicted molar refractivity (Wildman–Crippen MR) is 92.0 cm³/mol. The molecule has 4 nitrogen and oxygen atoms in total. The lowest BCUT2D eigenvalue weighted by Gasteiger charge is -2.12. The summed E-state index contributed by atoms with van der Waals surface area (Å²) in [6.45, 7) is 3.37. The van der Waals surface area contributed by atoms with Crippen molar-refractivity contribution >= 4 is 11.6 Å². The number of hydrogen-bond donors (Lipinski definition) is 2. The molecule has 116 valence electrons. The fourth-order valence-corrected chi connectivity index (χ4v) is 2.05. The monoisotopic (exact) mass is 297 g/mol. The maximum absolute atomic E-state index is 5.84. The van der Waals surface area contributed by atoms with Gasteiger partial charge < -0.3 is 15.8 Å². The number of anilines is 1. The van der Waals surface area contributed by atoms with E-state index < -0.39 is 0 Å². The van der Waals surface area contributed by atoms with Crippen LogP contribution in [-0.2, 0) is 4.74 Å². The van der Waals surface area contributed by atoms with Crippen molar-refractivity contribution in [2.24, 2.45) is 10.7 Å². The van der Waals surface area contributed by atoms with Crippen LogP contribution in [0.3, 0.4) is 0 Å². The molecule has 2 aromatic carbocycles. The van der Waals surface area contributed by atoms with E-state index in [0.29, 0.717) is 19.1 Å². The van der Waals surface area contributed by atoms with Crippen molar-refractivity contribution in [1.82, 2.24) is 0 Å². The molecule has 3 N–H and O–H groups in total. The molecule has 0 aliphatic rings. The summed E-state index contributed by atoms with van der Waals surface area (Å²) in [6.07, 6.45) is 0.943. The van der Waals surface area contributed by atoms with Crippen LogP contribution in [-0.4, -0.2) is 19.1 Å². The quantitative estimate of drug-likeness (QED) is 0.466. The summed E-state index contributed by atoms with van der Waals surface area (Å²) in [4.78, 5) is 4.29. The van der Waals surface area contributed by atoms with E-state index >= 15 is 0 Å². The van der Waals surface area contributed by atoms with Gasteiger partial charge in [-0.2, -0.15) is 0 Å². The van der Waals surface area contributed by atoms with Gasteiger partial charge in [-0.1, -0.05) is 48.5 Å². The van der Waals surface area contributed by atoms with Crippen LogP contribution in [0.1, 0.15) is 25.0 Å². The first-order valence-electron chi connectivity index (χ1n) is 7.54. The highest BCUT2D eigenvalue weighted by Crippen LogP contribution is 2.15. The molecule has 0 saturated heterocycles. The van der Waals surface area contributed by atoms with Crippen molar-refractivity contribution in [3.8, 4) is 0 Å². The molecule has 0 aliphatic carbocycles. The second-order valence-corrected chi connectivity index (χ2v) is 5.04. The Kier molecular flexibility index (Phi) is 6.45. The number of para-hydroxylation sites is 1. The van der Waals surface area contributed by atoms with Crippen molar-refractivity contribution < 1.29 is 4.74 Å². The van der Waals surface area contributed by atoms with Gasteiger partial charge in [-0.05, 0) is 31.0 Å². The van der Waals surface area contributed by atoms with Crippen molar-refractivity contribution in [3.63, 3.8) is 0 Å². The Hall–Kier alpha value is -2.33. The summed E-state index contributed by atoms with van der Waals surface area (Å²) < 4.78 is 5.80. The van der Waals surface area contributed by atoms with E-state index in [2.05, 4.69) is 29.4 Å². The zero-order chi connectivity index (χ0) is 15.6. The third kappa shape index (κ3) is 5.58. The second kappa shape index (κ2) is 8.85. The maximum atomic E-state index is 5.84. The van der Waals surface area contributed by atoms with Crippen LogP contribution in [0.5, 0.6) is 0 Å². The fraction of sp³-hybridized carbons (Fsp3) is 0.278. The van der Waals surface area contributed by atoms with Crippen LogP contribution in [0.15, 0.2) is 65.7 Å². The summed E-state index contributed by atoms with van der Waals surface area (Å²) in [6, 6.07) is 20.0. The van der Waals surface area contributed by atoms with Crippen molar-refractivity contribution in [2.45, 2.75) is 19.4 Å². The average molecular weight is 297 g/mol. The second-order valence-electron chi connectivity index (χ2n) is 5.04. The molecular weight excluding hydrogens is 274 g/mol. The Morgan fingerprint density at radius 3 is 2.41 bits per heavy atom. The van der Waals surface area contributed by atoms with E-state index in [9.17, 15) is 0 Å². The third-order valence-electron chi connectivity index (χ3n) is 3.27. The van der Waals surface area contributed by atoms with E-state index in [4.69, 9.17) is 10.5 Å². The minimum atomic E-state index is 0.102. The van der Waals surface area contributed by atoms with Crippen LogP contribution in [0.25, 0.3) is 0 Å². The van der Waals surface area contributed by atoms with Gasteiger partial charge in [0.2, 0.25) is 0 Å². The molecule has 0 heterocycles. The molecule has 0 spiro atoms. The average Bonchev–Trinajstić information content (AvgIpc) is 2.56. The number of nitrogens with two attached hydrogens (primary N) is 1. The first-order chi connectivity index (χ1) is 10.8. The van der Waals surface area contributed by atoms with Gasteiger partial charge in [-0.3, -0.25) is 4.99 Å². The molecule has 2 rings (SSSR count). The highest BCUT2D eigenvalue weighted by Gasteiger charge is 2.03. The molecular formula is C18H23N3O. The summed E-state index contributed by atoms with van der Waals surface area (Å²) in [7, 11) is 0. The number of ether oxygens (including phenoxy) is 1. The Balaban J connectivity index is 1.65. The molecule has 2 aromatic rings. The number of nitrogens with zero attached hydrogens (tertiary/aromatic N) is 1. The van der Waals surface area contributed by atoms with Gasteiger partial charge in [0.25, 0.3) is 0 Å². The minimum absolute atomic E-state index is 0.102. The minimum Gasteiger partial charge on any atom is -0.374 e. The topological polar surface area (TPSA) is 59.6 Å². The third-order valence-corrected chi connectivity index (χ3v) is 3.27. The lowest BCUT2D eigenvalue weighted by molar-refractivity contribution is 0.0652. The van der Waals surface area contributed by atoms with Crippen molar-refractivity contribution in [1.29, 1.82) is 0 Å². The summed E-state index contributed by atoms with van der Waals surface area (Å²) in [5, 5.41) is 3.05. The van der Waals surface area contributed by atoms with Crippen molar-refractivity contribution in [2.75, 3.05) is 18.5 Å². The Morgan fingerprint density at radius 2 is 1.73 bits per heavy atom. The molecule has 4 heteroatoms. The number of aliphatic imine (C=N–C) groups is 1. The largest absolute Gasteiger partial charge is 0.374 e. The van der Waals surface area contributed by atoms with Gasteiger partial charge in [-0.25, -0.2) is 0 Å². The van der Waals surface area contributed by atoms with Crippen molar-refractivity contribution in [3.05, 3.63) is 66.2 Å². The Morgan fingerprint density at radius 1 is 1.09 bits per heavy atom. The van der Waals surface area contributed by atoms with E-state index in [0.717, 1.165) is 12.1 Å². The smallest absolute Gasteiger partial charge is 0.193 e. The van der Waals surface area contributed by atoms with E-state index in [1.54, 1.807) is 0 Å². The molecule has 0 aliphatic heterocycles. The molecule has 1 unspecified atom stereocenters. The number of benzene rings is 2. The fourth-order valence-electron chi connectivity index (χ4n) is 2.05. The van der Waals surface area contributed by atoms with E-state index in [1.807, 2.05) is 48.5 Å². The van der Waals surface area contributed by atoms with E-state index in [1.165, 1.54) is 5.56 Å². The highest BCUT2D eigenvalue weighted by molar-refractivity contribution is 5.92. The lowest BCUT2D eigenvalue weighted by Crippen LogP contribution is -2.22. The van der Waals surface area contributed by atoms with Crippen LogP contribution < -0.4 is 11.1 Å². The molecule has 0 bridgehead atoms. The van der Waals surface area contributed by atoms with Crippen LogP contribution >= 0.6 is 0 Å². The van der Waals surface area contributed by atoms with Gasteiger partial charge in [0.05, 0.1) is 6.10 Å². The number of nitrogens with one attached hydrogen (secondary N) is 1. The molecule has 1 atom stereocenters. The van der Waals surface area contributed by atoms with Crippen LogP contribution in [0.4, 0.5) is 5.69 Å². The summed E-state index contributed by atoms with van der Waals surface area (Å²) in [5.41, 5.74) is 7.97. The number of hydrogen-bond acceptors (Lipinski definition) is 2. The molecule has 0 fully saturated rings. The first-order valence-corrected chi connectivity index (χ1v) is 7.54. The molecule has 0 aromatic heterocycles. The molecule has 0 amide bonds. The first kappa shape index (κ1) is 16.0. The lowest BCUT2D eigenvalue weighted by atomic mass is 10.1. The molecule has 0 saturated carbocycles. The predicted octanol–water partition coefficient (Wildman–Crippen LogP) is 3.58. The zero-order valence-electron chi connectivity index (χ0n) is 12.9. The normalized spacial score (nSPS) is 12.9. The SMILES string of the molecule is CC(OCCCN=C(N)Nc1ccccc1)c1ccccc1. The van der Waals surface area contributed by atoms with Gasteiger partial charge in [0, 0.05) is 18.8 Å². The van der Waals surface area contributed by atoms with Gasteiger partial charge in [0.1, 0.15) is 0 Å². The summed E-state index contributed by atoms with van der Waals surface area (Å²) >= 11 is 0. The summed E-state index contributed by atoms with van der Waals surface area (Å²) in [5.74, 6) is 0.433. The maximum Gasteiger partial charge on any atom is 0.193 e. The Labute approximate surface area is 132 Å². The standard InChI is InChI=1S/C18H23N3O/c1-15(16-9-4-2-5-10-16)22-14-8-13-20-18(19)21-17-11-6-3-7-12-17/h2-7,9-12,15H,8,13-14H2,1H3,(H3,19,20,21). The highest BCUT2D eigenvalue weighted by atomic mass is 16.5. The van der Waals surface area contributed by atoms with Crippen LogP contribution in [0.2, 0.25) is 0 Å². The number of rotatable bonds is 7. The zero-order valence-corrected chi connectivity index (χ0v) is 12.9. The van der Waals surface area contributed by atoms with Gasteiger partial charge >= 0.3 is 0 Å². The van der Waals surface area contributed by atoms with Gasteiger partial charge in [-0.15, -0.1) is 0 Å².